The summed E-state index contributed by atoms with van der Waals surface area (Å²) >= 11 is 0. The third kappa shape index (κ3) is 3.80. The smallest absolute Gasteiger partial charge is 0.226 e. The number of fused-ring (bicyclic) bond motifs is 1. The normalized spacial score (nSPS) is 30.1. The highest BCUT2D eigenvalue weighted by atomic mass is 16.5. The molecule has 2 saturated heterocycles. The SMILES string of the molecule is O=C(C1CCOCC1)N1CCO[C@@H]2C[C@@H](COc3ccccn3)C[C@H]21. The van der Waals surface area contributed by atoms with E-state index in [0.717, 1.165) is 25.7 Å². The summed E-state index contributed by atoms with van der Waals surface area (Å²) in [7, 11) is 0. The van der Waals surface area contributed by atoms with Crippen LogP contribution in [0.2, 0.25) is 0 Å². The molecule has 1 aliphatic carbocycles. The molecule has 1 aromatic rings. The van der Waals surface area contributed by atoms with Gasteiger partial charge in [-0.2, -0.15) is 0 Å². The average Bonchev–Trinajstić information content (AvgIpc) is 3.10. The first-order chi connectivity index (χ1) is 12.3. The number of carbonyl (C=O) groups excluding carboxylic acids is 1. The second-order valence-electron chi connectivity index (χ2n) is 7.21. The van der Waals surface area contributed by atoms with E-state index in [1.807, 2.05) is 18.2 Å². The van der Waals surface area contributed by atoms with Crippen LogP contribution in [-0.4, -0.2) is 60.9 Å². The first-order valence-corrected chi connectivity index (χ1v) is 9.35. The molecule has 3 atom stereocenters. The number of amides is 1. The van der Waals surface area contributed by atoms with Crippen LogP contribution in [0.4, 0.5) is 0 Å². The molecule has 1 aromatic heterocycles. The second kappa shape index (κ2) is 7.70. The fourth-order valence-corrected chi connectivity index (χ4v) is 4.27. The molecule has 0 radical (unpaired) electrons. The van der Waals surface area contributed by atoms with E-state index in [9.17, 15) is 4.79 Å². The molecule has 0 aromatic carbocycles. The maximum Gasteiger partial charge on any atom is 0.226 e. The van der Waals surface area contributed by atoms with Gasteiger partial charge in [-0.3, -0.25) is 4.79 Å². The van der Waals surface area contributed by atoms with Crippen LogP contribution in [-0.2, 0) is 14.3 Å². The number of hydrogen-bond acceptors (Lipinski definition) is 5. The zero-order chi connectivity index (χ0) is 17.1. The van der Waals surface area contributed by atoms with Gasteiger partial charge >= 0.3 is 0 Å². The van der Waals surface area contributed by atoms with Crippen molar-refractivity contribution in [1.82, 2.24) is 9.88 Å². The van der Waals surface area contributed by atoms with Gasteiger partial charge in [0, 0.05) is 37.9 Å². The van der Waals surface area contributed by atoms with E-state index in [1.165, 1.54) is 0 Å². The first-order valence-electron chi connectivity index (χ1n) is 9.35. The zero-order valence-electron chi connectivity index (χ0n) is 14.5. The van der Waals surface area contributed by atoms with Gasteiger partial charge in [-0.05, 0) is 37.7 Å². The van der Waals surface area contributed by atoms with E-state index in [2.05, 4.69) is 9.88 Å². The summed E-state index contributed by atoms with van der Waals surface area (Å²) in [6, 6.07) is 5.87. The molecular formula is C19H26N2O4. The summed E-state index contributed by atoms with van der Waals surface area (Å²) in [5.74, 6) is 1.48. The molecule has 3 heterocycles. The van der Waals surface area contributed by atoms with E-state index >= 15 is 0 Å². The van der Waals surface area contributed by atoms with Crippen LogP contribution in [0.5, 0.6) is 5.88 Å². The Kier molecular flexibility index (Phi) is 5.17. The van der Waals surface area contributed by atoms with Crippen molar-refractivity contribution in [3.63, 3.8) is 0 Å². The van der Waals surface area contributed by atoms with E-state index in [0.29, 0.717) is 50.7 Å². The molecule has 2 aliphatic heterocycles. The van der Waals surface area contributed by atoms with Gasteiger partial charge < -0.3 is 19.1 Å². The molecule has 3 aliphatic rings. The van der Waals surface area contributed by atoms with Gasteiger partial charge in [0.1, 0.15) is 0 Å². The molecule has 136 valence electrons. The lowest BCUT2D eigenvalue weighted by molar-refractivity contribution is -0.151. The number of morpholine rings is 1. The van der Waals surface area contributed by atoms with Crippen LogP contribution in [0, 0.1) is 11.8 Å². The predicted octanol–water partition coefficient (Wildman–Crippen LogP) is 1.89. The van der Waals surface area contributed by atoms with Crippen LogP contribution in [0.3, 0.4) is 0 Å². The summed E-state index contributed by atoms with van der Waals surface area (Å²) in [5.41, 5.74) is 0. The van der Waals surface area contributed by atoms with Gasteiger partial charge in [-0.1, -0.05) is 6.07 Å². The largest absolute Gasteiger partial charge is 0.477 e. The molecule has 1 saturated carbocycles. The van der Waals surface area contributed by atoms with Gasteiger partial charge in [0.25, 0.3) is 0 Å². The fraction of sp³-hybridized carbons (Fsp3) is 0.684. The van der Waals surface area contributed by atoms with Crippen molar-refractivity contribution < 1.29 is 19.0 Å². The second-order valence-corrected chi connectivity index (χ2v) is 7.21. The molecule has 0 bridgehead atoms. The van der Waals surface area contributed by atoms with Crippen LogP contribution < -0.4 is 4.74 Å². The summed E-state index contributed by atoms with van der Waals surface area (Å²) in [5, 5.41) is 0. The van der Waals surface area contributed by atoms with E-state index in [1.54, 1.807) is 6.20 Å². The van der Waals surface area contributed by atoms with Gasteiger partial charge in [0.2, 0.25) is 11.8 Å². The van der Waals surface area contributed by atoms with Crippen molar-refractivity contribution in [1.29, 1.82) is 0 Å². The Morgan fingerprint density at radius 2 is 2.12 bits per heavy atom. The average molecular weight is 346 g/mol. The summed E-state index contributed by atoms with van der Waals surface area (Å²) in [6.45, 7) is 3.40. The minimum atomic E-state index is 0.122. The monoisotopic (exact) mass is 346 g/mol. The molecule has 6 heteroatoms. The van der Waals surface area contributed by atoms with Crippen LogP contribution in [0.15, 0.2) is 24.4 Å². The molecule has 6 nitrogen and oxygen atoms in total. The molecule has 25 heavy (non-hydrogen) atoms. The van der Waals surface area contributed by atoms with Crippen molar-refractivity contribution in [3.05, 3.63) is 24.4 Å². The zero-order valence-corrected chi connectivity index (χ0v) is 14.5. The van der Waals surface area contributed by atoms with Crippen molar-refractivity contribution in [2.24, 2.45) is 11.8 Å². The van der Waals surface area contributed by atoms with E-state index in [-0.39, 0.29) is 18.1 Å². The van der Waals surface area contributed by atoms with Crippen molar-refractivity contribution in [2.75, 3.05) is 33.0 Å². The highest BCUT2D eigenvalue weighted by Crippen LogP contribution is 2.36. The third-order valence-electron chi connectivity index (χ3n) is 5.59. The third-order valence-corrected chi connectivity index (χ3v) is 5.59. The van der Waals surface area contributed by atoms with Crippen molar-refractivity contribution in [2.45, 2.75) is 37.8 Å². The molecule has 1 amide bonds. The molecule has 0 N–H and O–H groups in total. The lowest BCUT2D eigenvalue weighted by atomic mass is 9.96. The summed E-state index contributed by atoms with van der Waals surface area (Å²) < 4.78 is 17.2. The maximum absolute atomic E-state index is 13.0. The topological polar surface area (TPSA) is 60.9 Å². The maximum atomic E-state index is 13.0. The van der Waals surface area contributed by atoms with Gasteiger partial charge in [-0.15, -0.1) is 0 Å². The Hall–Kier alpha value is -1.66. The highest BCUT2D eigenvalue weighted by Gasteiger charge is 2.44. The molecule has 0 spiro atoms. The number of nitrogens with zero attached hydrogens (tertiary/aromatic N) is 2. The minimum Gasteiger partial charge on any atom is -0.477 e. The fourth-order valence-electron chi connectivity index (χ4n) is 4.27. The van der Waals surface area contributed by atoms with Crippen molar-refractivity contribution >= 4 is 5.91 Å². The Morgan fingerprint density at radius 3 is 2.92 bits per heavy atom. The van der Waals surface area contributed by atoms with Crippen LogP contribution >= 0.6 is 0 Å². The number of rotatable bonds is 4. The summed E-state index contributed by atoms with van der Waals surface area (Å²) in [6.07, 6.45) is 5.48. The Bertz CT molecular complexity index is 576. The quantitative estimate of drug-likeness (QED) is 0.833. The standard InChI is InChI=1S/C19H26N2O4/c22-19(15-4-8-23-9-5-15)21-7-10-24-17-12-14(11-16(17)21)13-25-18-3-1-2-6-20-18/h1-3,6,14-17H,4-5,7-13H2/t14-,16+,17+/m0/s1. The van der Waals surface area contributed by atoms with Crippen LogP contribution in [0.25, 0.3) is 0 Å². The first kappa shape index (κ1) is 16.8. The summed E-state index contributed by atoms with van der Waals surface area (Å²) in [4.78, 5) is 19.2. The number of carbonyl (C=O) groups is 1. The number of aromatic nitrogens is 1. The van der Waals surface area contributed by atoms with E-state index < -0.39 is 0 Å². The number of hydrogen-bond donors (Lipinski definition) is 0. The van der Waals surface area contributed by atoms with Crippen molar-refractivity contribution in [3.8, 4) is 5.88 Å². The van der Waals surface area contributed by atoms with Gasteiger partial charge in [-0.25, -0.2) is 4.98 Å². The highest BCUT2D eigenvalue weighted by molar-refractivity contribution is 5.79. The number of pyridine rings is 1. The predicted molar refractivity (Wildman–Crippen MR) is 91.2 cm³/mol. The molecule has 0 unspecified atom stereocenters. The van der Waals surface area contributed by atoms with Gasteiger partial charge in [0.05, 0.1) is 25.4 Å². The number of ether oxygens (including phenoxy) is 3. The molecule has 3 fully saturated rings. The Balaban J connectivity index is 1.35. The Labute approximate surface area is 148 Å². The minimum absolute atomic E-state index is 0.122. The van der Waals surface area contributed by atoms with Crippen LogP contribution in [0.1, 0.15) is 25.7 Å². The lowest BCUT2D eigenvalue weighted by Gasteiger charge is -2.40. The molecule has 4 rings (SSSR count). The molecular weight excluding hydrogens is 320 g/mol. The van der Waals surface area contributed by atoms with E-state index in [4.69, 9.17) is 14.2 Å². The lowest BCUT2D eigenvalue weighted by Crippen LogP contribution is -2.53. The van der Waals surface area contributed by atoms with Gasteiger partial charge in [0.15, 0.2) is 0 Å². The Morgan fingerprint density at radius 1 is 1.24 bits per heavy atom.